The zero-order valence-corrected chi connectivity index (χ0v) is 11.2. The summed E-state index contributed by atoms with van der Waals surface area (Å²) in [6, 6.07) is 0. The highest BCUT2D eigenvalue weighted by atomic mass is 16.5. The third-order valence-corrected chi connectivity index (χ3v) is 2.18. The summed E-state index contributed by atoms with van der Waals surface area (Å²) in [5.74, 6) is -0.836. The van der Waals surface area contributed by atoms with E-state index in [4.69, 9.17) is 9.84 Å². The van der Waals surface area contributed by atoms with E-state index in [0.717, 1.165) is 13.1 Å². The Kier molecular flexibility index (Phi) is 11.2. The van der Waals surface area contributed by atoms with Gasteiger partial charge in [-0.25, -0.2) is 0 Å². The Labute approximate surface area is 109 Å². The predicted octanol–water partition coefficient (Wildman–Crippen LogP) is 1.52. The van der Waals surface area contributed by atoms with Crippen LogP contribution >= 0.6 is 0 Å². The Balaban J connectivity index is 0.000000327. The van der Waals surface area contributed by atoms with E-state index in [1.165, 1.54) is 0 Å². The summed E-state index contributed by atoms with van der Waals surface area (Å²) in [5.41, 5.74) is 0. The van der Waals surface area contributed by atoms with E-state index in [-0.39, 0.29) is 13.0 Å². The molecule has 1 N–H and O–H groups in total. The molecule has 0 aromatic heterocycles. The Hall–Kier alpha value is -1.33. The van der Waals surface area contributed by atoms with Gasteiger partial charge in [-0.3, -0.25) is 4.79 Å². The number of carboxylic acids is 1. The maximum Gasteiger partial charge on any atom is 0.305 e. The molecular weight excluding hydrogens is 234 g/mol. The number of allylic oxidation sites excluding steroid dienone is 2. The summed E-state index contributed by atoms with van der Waals surface area (Å²) in [6.45, 7) is 5.58. The minimum Gasteiger partial charge on any atom is -0.481 e. The van der Waals surface area contributed by atoms with E-state index in [0.29, 0.717) is 13.2 Å². The number of aliphatic carboxylic acids is 1. The first kappa shape index (κ1) is 16.7. The molecule has 1 rings (SSSR count). The maximum atomic E-state index is 9.92. The fourth-order valence-corrected chi connectivity index (χ4v) is 1.15. The highest BCUT2D eigenvalue weighted by Gasteiger charge is 1.94. The molecule has 0 aliphatic carbocycles. The number of carboxylic acid groups (broad SMARTS) is 1. The van der Waals surface area contributed by atoms with Crippen LogP contribution in [0.1, 0.15) is 13.3 Å². The highest BCUT2D eigenvalue weighted by Crippen LogP contribution is 1.95. The number of hydrogen-bond donors (Lipinski definition) is 1. The molecule has 0 bridgehead atoms. The van der Waals surface area contributed by atoms with Gasteiger partial charge in [-0.2, -0.15) is 0 Å². The Morgan fingerprint density at radius 3 is 2.56 bits per heavy atom. The van der Waals surface area contributed by atoms with E-state index in [2.05, 4.69) is 41.0 Å². The second-order valence-electron chi connectivity index (χ2n) is 3.61. The molecule has 0 amide bonds. The Bertz CT molecular complexity index is 264. The number of rotatable bonds is 7. The molecule has 0 saturated carbocycles. The molecule has 5 nitrogen and oxygen atoms in total. The van der Waals surface area contributed by atoms with E-state index >= 15 is 0 Å². The van der Waals surface area contributed by atoms with Gasteiger partial charge >= 0.3 is 5.97 Å². The van der Waals surface area contributed by atoms with Crippen molar-refractivity contribution in [2.24, 2.45) is 0 Å². The minimum absolute atomic E-state index is 0.0592. The first-order chi connectivity index (χ1) is 8.70. The molecule has 1 aliphatic rings. The molecule has 1 heterocycles. The van der Waals surface area contributed by atoms with Gasteiger partial charge in [0.05, 0.1) is 26.2 Å². The number of carbonyl (C=O) groups is 1. The average Bonchev–Trinajstić information content (AvgIpc) is 2.40. The lowest BCUT2D eigenvalue weighted by atomic mass is 10.3. The minimum atomic E-state index is -0.836. The second kappa shape index (κ2) is 12.1. The molecule has 0 saturated heterocycles. The van der Waals surface area contributed by atoms with Gasteiger partial charge in [-0.15, -0.1) is 0 Å². The summed E-state index contributed by atoms with van der Waals surface area (Å²) >= 11 is 0. The van der Waals surface area contributed by atoms with E-state index in [1.807, 2.05) is 0 Å². The maximum absolute atomic E-state index is 9.92. The SMILES string of the molecule is CCN1C=CC=CC1.COCCOCCC(=O)O. The lowest BCUT2D eigenvalue weighted by Gasteiger charge is -2.16. The number of methoxy groups -OCH3 is 1. The van der Waals surface area contributed by atoms with E-state index < -0.39 is 5.97 Å². The number of nitrogens with zero attached hydrogens (tertiary/aromatic N) is 1. The van der Waals surface area contributed by atoms with Gasteiger partial charge in [-0.1, -0.05) is 12.2 Å². The van der Waals surface area contributed by atoms with Gasteiger partial charge < -0.3 is 19.5 Å². The van der Waals surface area contributed by atoms with Gasteiger partial charge in [0.1, 0.15) is 0 Å². The summed E-state index contributed by atoms with van der Waals surface area (Å²) in [6.07, 6.45) is 8.46. The van der Waals surface area contributed by atoms with Crippen LogP contribution in [0, 0.1) is 0 Å². The van der Waals surface area contributed by atoms with Crippen molar-refractivity contribution < 1.29 is 19.4 Å². The van der Waals surface area contributed by atoms with Crippen molar-refractivity contribution in [3.05, 3.63) is 24.4 Å². The quantitative estimate of drug-likeness (QED) is 0.701. The van der Waals surface area contributed by atoms with Crippen LogP contribution in [0.4, 0.5) is 0 Å². The third kappa shape index (κ3) is 11.2. The van der Waals surface area contributed by atoms with Crippen molar-refractivity contribution in [3.63, 3.8) is 0 Å². The molecule has 0 atom stereocenters. The van der Waals surface area contributed by atoms with Gasteiger partial charge in [0.25, 0.3) is 0 Å². The van der Waals surface area contributed by atoms with Crippen LogP contribution in [-0.2, 0) is 14.3 Å². The summed E-state index contributed by atoms with van der Waals surface area (Å²) in [5, 5.41) is 8.16. The fraction of sp³-hybridized carbons (Fsp3) is 0.615. The molecule has 0 spiro atoms. The van der Waals surface area contributed by atoms with Gasteiger partial charge in [-0.05, 0) is 19.2 Å². The lowest BCUT2D eigenvalue weighted by molar-refractivity contribution is -0.138. The Morgan fingerprint density at radius 2 is 2.11 bits per heavy atom. The summed E-state index contributed by atoms with van der Waals surface area (Å²) in [7, 11) is 1.57. The molecule has 104 valence electrons. The van der Waals surface area contributed by atoms with Crippen molar-refractivity contribution in [3.8, 4) is 0 Å². The number of ether oxygens (including phenoxy) is 2. The van der Waals surface area contributed by atoms with Crippen molar-refractivity contribution in [1.29, 1.82) is 0 Å². The van der Waals surface area contributed by atoms with Gasteiger partial charge in [0, 0.05) is 20.2 Å². The standard InChI is InChI=1S/C7H11N.C6H12O4/c1-2-8-6-4-3-5-7-8;1-9-4-5-10-3-2-6(7)8/h3-6H,2,7H2,1H3;2-5H2,1H3,(H,7,8). The first-order valence-electron chi connectivity index (χ1n) is 6.06. The fourth-order valence-electron chi connectivity index (χ4n) is 1.15. The van der Waals surface area contributed by atoms with Crippen LogP contribution in [-0.4, -0.2) is 56.0 Å². The lowest BCUT2D eigenvalue weighted by Crippen LogP contribution is -2.17. The van der Waals surface area contributed by atoms with E-state index in [1.54, 1.807) is 7.11 Å². The molecule has 0 aromatic carbocycles. The molecule has 0 aromatic rings. The monoisotopic (exact) mass is 257 g/mol. The average molecular weight is 257 g/mol. The van der Waals surface area contributed by atoms with Crippen molar-refractivity contribution in [2.45, 2.75) is 13.3 Å². The number of hydrogen-bond acceptors (Lipinski definition) is 4. The van der Waals surface area contributed by atoms with Crippen LogP contribution in [0.2, 0.25) is 0 Å². The first-order valence-corrected chi connectivity index (χ1v) is 6.06. The molecule has 0 radical (unpaired) electrons. The molecule has 0 fully saturated rings. The Morgan fingerprint density at radius 1 is 1.33 bits per heavy atom. The van der Waals surface area contributed by atoms with Crippen molar-refractivity contribution >= 4 is 5.97 Å². The number of likely N-dealkylation sites (N-methyl/N-ethyl adjacent to an activating group) is 1. The molecule has 5 heteroatoms. The second-order valence-corrected chi connectivity index (χ2v) is 3.61. The zero-order chi connectivity index (χ0) is 13.6. The van der Waals surface area contributed by atoms with E-state index in [9.17, 15) is 4.79 Å². The third-order valence-electron chi connectivity index (χ3n) is 2.18. The van der Waals surface area contributed by atoms with Crippen LogP contribution in [0.25, 0.3) is 0 Å². The summed E-state index contributed by atoms with van der Waals surface area (Å²) in [4.78, 5) is 12.2. The van der Waals surface area contributed by atoms with Crippen LogP contribution < -0.4 is 0 Å². The van der Waals surface area contributed by atoms with Crippen molar-refractivity contribution in [1.82, 2.24) is 4.90 Å². The van der Waals surface area contributed by atoms with Crippen LogP contribution in [0.5, 0.6) is 0 Å². The van der Waals surface area contributed by atoms with Gasteiger partial charge in [0.15, 0.2) is 0 Å². The normalized spacial score (nSPS) is 13.1. The van der Waals surface area contributed by atoms with Crippen molar-refractivity contribution in [2.75, 3.05) is 40.0 Å². The highest BCUT2D eigenvalue weighted by molar-refractivity contribution is 5.66. The molecule has 1 aliphatic heterocycles. The zero-order valence-electron chi connectivity index (χ0n) is 11.2. The predicted molar refractivity (Wildman–Crippen MR) is 70.5 cm³/mol. The molecule has 0 unspecified atom stereocenters. The molecule has 18 heavy (non-hydrogen) atoms. The van der Waals surface area contributed by atoms with Gasteiger partial charge in [0.2, 0.25) is 0 Å². The molecular formula is C13H23NO4. The summed E-state index contributed by atoms with van der Waals surface area (Å²) < 4.78 is 9.56. The topological polar surface area (TPSA) is 59.0 Å². The smallest absolute Gasteiger partial charge is 0.305 e. The van der Waals surface area contributed by atoms with Crippen LogP contribution in [0.15, 0.2) is 24.4 Å². The largest absolute Gasteiger partial charge is 0.481 e. The van der Waals surface area contributed by atoms with Crippen LogP contribution in [0.3, 0.4) is 0 Å².